The van der Waals surface area contributed by atoms with Gasteiger partial charge in [0.15, 0.2) is 0 Å². The summed E-state index contributed by atoms with van der Waals surface area (Å²) in [5.74, 6) is 1.38. The van der Waals surface area contributed by atoms with Crippen LogP contribution in [0.25, 0.3) is 0 Å². The third-order valence-corrected chi connectivity index (χ3v) is 3.80. The van der Waals surface area contributed by atoms with E-state index in [0.29, 0.717) is 5.92 Å². The molecule has 2 aliphatic carbocycles. The van der Waals surface area contributed by atoms with Crippen LogP contribution >= 0.6 is 0 Å². The second kappa shape index (κ2) is 5.34. The molecule has 2 rings (SSSR count). The summed E-state index contributed by atoms with van der Waals surface area (Å²) in [6, 6.07) is 0. The topological polar surface area (TPSA) is 0 Å². The van der Waals surface area contributed by atoms with Crippen molar-refractivity contribution in [2.75, 3.05) is 0 Å². The van der Waals surface area contributed by atoms with Crippen LogP contribution in [0, 0.1) is 11.8 Å². The van der Waals surface area contributed by atoms with Crippen molar-refractivity contribution in [1.82, 2.24) is 0 Å². The summed E-state index contributed by atoms with van der Waals surface area (Å²) >= 11 is 0. The summed E-state index contributed by atoms with van der Waals surface area (Å²) in [5, 5.41) is 0. The standard InChI is InChI=1S/C16H22/c1-3-14-10-11-16-13(2)8-6-4-5-7-9-15(16)12-14/h4-6,8,10-11,13,15H,3,7,9,12H2,1-2H3/b5-4-,8-6-. The predicted molar refractivity (Wildman–Crippen MR) is 71.2 cm³/mol. The Morgan fingerprint density at radius 1 is 1.25 bits per heavy atom. The normalized spacial score (nSPS) is 33.6. The summed E-state index contributed by atoms with van der Waals surface area (Å²) in [4.78, 5) is 0. The van der Waals surface area contributed by atoms with Crippen LogP contribution in [0.3, 0.4) is 0 Å². The molecule has 0 saturated carbocycles. The Hall–Kier alpha value is -1.04. The first-order chi connectivity index (χ1) is 7.81. The summed E-state index contributed by atoms with van der Waals surface area (Å²) in [5.41, 5.74) is 3.25. The van der Waals surface area contributed by atoms with Crippen molar-refractivity contribution in [3.05, 3.63) is 47.6 Å². The van der Waals surface area contributed by atoms with E-state index in [1.165, 1.54) is 25.7 Å². The second-order valence-corrected chi connectivity index (χ2v) is 4.93. The van der Waals surface area contributed by atoms with Gasteiger partial charge in [0.05, 0.1) is 0 Å². The number of rotatable bonds is 1. The molecule has 0 aromatic heterocycles. The van der Waals surface area contributed by atoms with Gasteiger partial charge in [-0.25, -0.2) is 0 Å². The van der Waals surface area contributed by atoms with E-state index in [0.717, 1.165) is 5.92 Å². The fourth-order valence-corrected chi connectivity index (χ4v) is 2.72. The molecule has 2 unspecified atom stereocenters. The maximum Gasteiger partial charge on any atom is -0.00425 e. The first kappa shape index (κ1) is 11.4. The van der Waals surface area contributed by atoms with E-state index in [1.807, 2.05) is 0 Å². The molecule has 0 N–H and O–H groups in total. The molecule has 0 bridgehead atoms. The van der Waals surface area contributed by atoms with Gasteiger partial charge >= 0.3 is 0 Å². The maximum absolute atomic E-state index is 2.38. The van der Waals surface area contributed by atoms with Crippen LogP contribution in [0.1, 0.15) is 39.5 Å². The Morgan fingerprint density at radius 2 is 2.12 bits per heavy atom. The van der Waals surface area contributed by atoms with Crippen LogP contribution in [0.4, 0.5) is 0 Å². The van der Waals surface area contributed by atoms with Crippen molar-refractivity contribution in [1.29, 1.82) is 0 Å². The zero-order valence-corrected chi connectivity index (χ0v) is 10.4. The monoisotopic (exact) mass is 214 g/mol. The highest BCUT2D eigenvalue weighted by Crippen LogP contribution is 2.35. The molecule has 0 radical (unpaired) electrons. The lowest BCUT2D eigenvalue weighted by Crippen LogP contribution is -2.13. The van der Waals surface area contributed by atoms with Crippen molar-refractivity contribution in [2.45, 2.75) is 39.5 Å². The summed E-state index contributed by atoms with van der Waals surface area (Å²) in [6.07, 6.45) is 18.8. The molecule has 0 aromatic carbocycles. The molecule has 0 saturated heterocycles. The molecule has 0 aliphatic heterocycles. The van der Waals surface area contributed by atoms with Gasteiger partial charge in [0.2, 0.25) is 0 Å². The zero-order chi connectivity index (χ0) is 11.4. The molecule has 0 aromatic rings. The first-order valence-electron chi connectivity index (χ1n) is 6.54. The Bertz CT molecular complexity index is 352. The minimum Gasteiger partial charge on any atom is -0.0845 e. The number of hydrogen-bond acceptors (Lipinski definition) is 0. The quantitative estimate of drug-likeness (QED) is 0.587. The fraction of sp³-hybridized carbons (Fsp3) is 0.500. The van der Waals surface area contributed by atoms with E-state index in [1.54, 1.807) is 11.1 Å². The molecule has 0 heterocycles. The molecule has 0 amide bonds. The highest BCUT2D eigenvalue weighted by atomic mass is 14.3. The minimum absolute atomic E-state index is 0.599. The number of hydrogen-bond donors (Lipinski definition) is 0. The van der Waals surface area contributed by atoms with Gasteiger partial charge in [0, 0.05) is 0 Å². The summed E-state index contributed by atoms with van der Waals surface area (Å²) in [6.45, 7) is 4.59. The molecular formula is C16H22. The minimum atomic E-state index is 0.599. The highest BCUT2D eigenvalue weighted by Gasteiger charge is 2.21. The van der Waals surface area contributed by atoms with Gasteiger partial charge in [-0.1, -0.05) is 61.4 Å². The van der Waals surface area contributed by atoms with Crippen LogP contribution in [-0.4, -0.2) is 0 Å². The molecule has 0 heteroatoms. The molecule has 2 atom stereocenters. The molecule has 0 spiro atoms. The third-order valence-electron chi connectivity index (χ3n) is 3.80. The lowest BCUT2D eigenvalue weighted by atomic mass is 9.78. The van der Waals surface area contributed by atoms with Crippen molar-refractivity contribution in [3.8, 4) is 0 Å². The van der Waals surface area contributed by atoms with Gasteiger partial charge in [0.1, 0.15) is 0 Å². The van der Waals surface area contributed by atoms with Gasteiger partial charge in [-0.15, -0.1) is 0 Å². The van der Waals surface area contributed by atoms with Gasteiger partial charge in [-0.2, -0.15) is 0 Å². The van der Waals surface area contributed by atoms with Crippen LogP contribution in [0.5, 0.6) is 0 Å². The van der Waals surface area contributed by atoms with Gasteiger partial charge in [0.25, 0.3) is 0 Å². The molecular weight excluding hydrogens is 192 g/mol. The Labute approximate surface area is 99.4 Å². The molecule has 0 nitrogen and oxygen atoms in total. The van der Waals surface area contributed by atoms with E-state index in [4.69, 9.17) is 0 Å². The number of allylic oxidation sites excluding steroid dienone is 8. The van der Waals surface area contributed by atoms with Gasteiger partial charge in [-0.3, -0.25) is 0 Å². The number of fused-ring (bicyclic) bond motifs is 1. The molecule has 2 aliphatic rings. The highest BCUT2D eigenvalue weighted by molar-refractivity contribution is 5.30. The van der Waals surface area contributed by atoms with E-state index in [-0.39, 0.29) is 0 Å². The SMILES string of the molecule is CCC1=CC=C2C(C)/C=C\C=C/CCC2C1. The van der Waals surface area contributed by atoms with E-state index < -0.39 is 0 Å². The molecule has 16 heavy (non-hydrogen) atoms. The van der Waals surface area contributed by atoms with Gasteiger partial charge in [-0.05, 0) is 37.5 Å². The van der Waals surface area contributed by atoms with E-state index >= 15 is 0 Å². The third kappa shape index (κ3) is 2.55. The van der Waals surface area contributed by atoms with Crippen LogP contribution in [-0.2, 0) is 0 Å². The average molecular weight is 214 g/mol. The maximum atomic E-state index is 2.38. The Kier molecular flexibility index (Phi) is 3.82. The van der Waals surface area contributed by atoms with Crippen molar-refractivity contribution < 1.29 is 0 Å². The van der Waals surface area contributed by atoms with Crippen LogP contribution < -0.4 is 0 Å². The summed E-state index contributed by atoms with van der Waals surface area (Å²) < 4.78 is 0. The van der Waals surface area contributed by atoms with Crippen LogP contribution in [0.15, 0.2) is 47.6 Å². The largest absolute Gasteiger partial charge is 0.0845 e. The average Bonchev–Trinajstić information content (AvgIpc) is 2.40. The van der Waals surface area contributed by atoms with Crippen molar-refractivity contribution in [3.63, 3.8) is 0 Å². The van der Waals surface area contributed by atoms with Crippen molar-refractivity contribution >= 4 is 0 Å². The summed E-state index contributed by atoms with van der Waals surface area (Å²) in [7, 11) is 0. The Morgan fingerprint density at radius 3 is 2.94 bits per heavy atom. The molecule has 0 fully saturated rings. The lowest BCUT2D eigenvalue weighted by molar-refractivity contribution is 0.509. The fourth-order valence-electron chi connectivity index (χ4n) is 2.72. The van der Waals surface area contributed by atoms with Crippen molar-refractivity contribution in [2.24, 2.45) is 11.8 Å². The zero-order valence-electron chi connectivity index (χ0n) is 10.4. The van der Waals surface area contributed by atoms with Crippen LogP contribution in [0.2, 0.25) is 0 Å². The second-order valence-electron chi connectivity index (χ2n) is 4.93. The smallest absolute Gasteiger partial charge is 0.00425 e. The lowest BCUT2D eigenvalue weighted by Gasteiger charge is -2.27. The first-order valence-corrected chi connectivity index (χ1v) is 6.54. The Balaban J connectivity index is 2.23. The van der Waals surface area contributed by atoms with E-state index in [2.05, 4.69) is 50.3 Å². The molecule has 86 valence electrons. The van der Waals surface area contributed by atoms with E-state index in [9.17, 15) is 0 Å². The van der Waals surface area contributed by atoms with Gasteiger partial charge < -0.3 is 0 Å². The predicted octanol–water partition coefficient (Wildman–Crippen LogP) is 4.81.